The first-order valence-electron chi connectivity index (χ1n) is 9.18. The molecule has 1 N–H and O–H groups in total. The van der Waals surface area contributed by atoms with Crippen molar-refractivity contribution in [2.24, 2.45) is 0 Å². The smallest absolute Gasteiger partial charge is 0.279 e. The van der Waals surface area contributed by atoms with Crippen LogP contribution in [0.15, 0.2) is 23.4 Å². The fourth-order valence-corrected chi connectivity index (χ4v) is 3.84. The maximum atomic E-state index is 12.7. The van der Waals surface area contributed by atoms with E-state index in [4.69, 9.17) is 21.7 Å². The summed E-state index contributed by atoms with van der Waals surface area (Å²) < 4.78 is 11.0. The molecule has 0 saturated carbocycles. The Hall–Kier alpha value is -2.68. The van der Waals surface area contributed by atoms with Crippen LogP contribution in [0, 0.1) is 10.1 Å². The molecule has 0 radical (unpaired) electrons. The van der Waals surface area contributed by atoms with Crippen LogP contribution in [0.5, 0.6) is 11.5 Å². The molecule has 0 saturated heterocycles. The van der Waals surface area contributed by atoms with Crippen molar-refractivity contribution in [3.05, 3.63) is 39.1 Å². The lowest BCUT2D eigenvalue weighted by Gasteiger charge is -2.38. The highest BCUT2D eigenvalue weighted by Gasteiger charge is 2.39. The number of Topliss-reactive ketones (excluding diaryl/α,β-unsaturated/α-hetero) is 1. The Morgan fingerprint density at radius 1 is 1.36 bits per heavy atom. The molecule has 0 amide bonds. The van der Waals surface area contributed by atoms with Crippen molar-refractivity contribution in [2.75, 3.05) is 20.8 Å². The van der Waals surface area contributed by atoms with Gasteiger partial charge in [0.25, 0.3) is 5.69 Å². The number of ketones is 1. The molecular formula is C19H23N3O5S. The van der Waals surface area contributed by atoms with Gasteiger partial charge in [-0.3, -0.25) is 14.9 Å². The molecular weight excluding hydrogens is 382 g/mol. The Kier molecular flexibility index (Phi) is 5.83. The number of methoxy groups -OCH3 is 1. The van der Waals surface area contributed by atoms with Gasteiger partial charge in [0, 0.05) is 24.7 Å². The zero-order valence-electron chi connectivity index (χ0n) is 16.1. The zero-order chi connectivity index (χ0) is 20.4. The van der Waals surface area contributed by atoms with Crippen LogP contribution in [-0.2, 0) is 4.79 Å². The average molecular weight is 405 g/mol. The van der Waals surface area contributed by atoms with Crippen molar-refractivity contribution in [1.29, 1.82) is 0 Å². The highest BCUT2D eigenvalue weighted by Crippen LogP contribution is 2.43. The van der Waals surface area contributed by atoms with Gasteiger partial charge < -0.3 is 19.7 Å². The Labute approximate surface area is 168 Å². The van der Waals surface area contributed by atoms with Gasteiger partial charge in [-0.25, -0.2) is 0 Å². The number of allylic oxidation sites excluding steroid dienone is 1. The summed E-state index contributed by atoms with van der Waals surface area (Å²) in [6.07, 6.45) is 2.65. The van der Waals surface area contributed by atoms with E-state index in [2.05, 4.69) is 5.32 Å². The number of hydrogen-bond acceptors (Lipinski definition) is 6. The molecule has 2 aliphatic rings. The predicted molar refractivity (Wildman–Crippen MR) is 108 cm³/mol. The third-order valence-corrected chi connectivity index (χ3v) is 5.37. The number of thiocarbonyl (C=S) groups is 1. The number of nitrogens with zero attached hydrogens (tertiary/aromatic N) is 2. The first-order valence-corrected chi connectivity index (χ1v) is 9.59. The third kappa shape index (κ3) is 3.54. The predicted octanol–water partition coefficient (Wildman–Crippen LogP) is 3.26. The van der Waals surface area contributed by atoms with Gasteiger partial charge in [0.1, 0.15) is 0 Å². The molecule has 8 nitrogen and oxygen atoms in total. The number of nitrogens with one attached hydrogen (secondary N) is 1. The van der Waals surface area contributed by atoms with Gasteiger partial charge in [-0.05, 0) is 37.5 Å². The summed E-state index contributed by atoms with van der Waals surface area (Å²) in [7, 11) is 3.24. The fourth-order valence-electron chi connectivity index (χ4n) is 3.61. The van der Waals surface area contributed by atoms with Crippen molar-refractivity contribution in [2.45, 2.75) is 38.6 Å². The summed E-state index contributed by atoms with van der Waals surface area (Å²) in [5, 5.41) is 15.3. The van der Waals surface area contributed by atoms with Crippen LogP contribution in [0.1, 0.15) is 44.2 Å². The molecule has 0 bridgehead atoms. The minimum atomic E-state index is -0.693. The number of benzene rings is 1. The zero-order valence-corrected chi connectivity index (χ0v) is 16.9. The second kappa shape index (κ2) is 8.14. The molecule has 0 fully saturated rings. The molecule has 0 spiro atoms. The number of ether oxygens (including phenoxy) is 2. The van der Waals surface area contributed by atoms with E-state index in [-0.39, 0.29) is 17.2 Å². The van der Waals surface area contributed by atoms with Gasteiger partial charge in [0.2, 0.25) is 0 Å². The van der Waals surface area contributed by atoms with Crippen LogP contribution in [0.4, 0.5) is 5.69 Å². The molecule has 1 aliphatic carbocycles. The first kappa shape index (κ1) is 20.1. The van der Waals surface area contributed by atoms with Gasteiger partial charge >= 0.3 is 0 Å². The molecule has 1 aliphatic heterocycles. The van der Waals surface area contributed by atoms with Crippen molar-refractivity contribution in [1.82, 2.24) is 10.2 Å². The highest BCUT2D eigenvalue weighted by molar-refractivity contribution is 7.80. The summed E-state index contributed by atoms with van der Waals surface area (Å²) in [4.78, 5) is 25.8. The fraction of sp³-hybridized carbons (Fsp3) is 0.474. The van der Waals surface area contributed by atoms with Crippen molar-refractivity contribution < 1.29 is 19.2 Å². The van der Waals surface area contributed by atoms with Gasteiger partial charge in [-0.2, -0.15) is 0 Å². The first-order chi connectivity index (χ1) is 13.4. The Bertz CT molecular complexity index is 867. The lowest BCUT2D eigenvalue weighted by atomic mass is 9.84. The van der Waals surface area contributed by atoms with E-state index in [1.807, 2.05) is 6.92 Å². The number of nitro groups is 1. The number of hydrogen-bond donors (Lipinski definition) is 1. The van der Waals surface area contributed by atoms with E-state index < -0.39 is 11.0 Å². The molecule has 1 aromatic rings. The molecule has 9 heteroatoms. The minimum Gasteiger partial charge on any atom is -0.493 e. The van der Waals surface area contributed by atoms with Crippen LogP contribution < -0.4 is 14.8 Å². The van der Waals surface area contributed by atoms with Crippen LogP contribution in [0.2, 0.25) is 0 Å². The largest absolute Gasteiger partial charge is 0.493 e. The molecule has 1 atom stereocenters. The summed E-state index contributed by atoms with van der Waals surface area (Å²) in [6.45, 7) is 2.41. The van der Waals surface area contributed by atoms with Crippen molar-refractivity contribution >= 4 is 28.8 Å². The van der Waals surface area contributed by atoms with Crippen molar-refractivity contribution in [3.8, 4) is 11.5 Å². The summed E-state index contributed by atoms with van der Waals surface area (Å²) in [5.41, 5.74) is 1.56. The van der Waals surface area contributed by atoms with Gasteiger partial charge in [0.15, 0.2) is 22.4 Å². The topological polar surface area (TPSA) is 93.9 Å². The maximum Gasteiger partial charge on any atom is 0.279 e. The molecule has 150 valence electrons. The van der Waals surface area contributed by atoms with Crippen LogP contribution in [0.25, 0.3) is 0 Å². The SMILES string of the molecule is CCCOc1cc(C2NC(=S)N(C)C3=C2C(=O)CCC3)c([N+](=O)[O-])cc1OC. The van der Waals surface area contributed by atoms with E-state index >= 15 is 0 Å². The normalized spacial score (nSPS) is 19.2. The Balaban J connectivity index is 2.20. The molecule has 1 heterocycles. The summed E-state index contributed by atoms with van der Waals surface area (Å²) in [6, 6.07) is 2.24. The monoisotopic (exact) mass is 405 g/mol. The van der Waals surface area contributed by atoms with Crippen LogP contribution in [0.3, 0.4) is 0 Å². The Morgan fingerprint density at radius 3 is 2.75 bits per heavy atom. The van der Waals surface area contributed by atoms with Gasteiger partial charge in [-0.15, -0.1) is 0 Å². The van der Waals surface area contributed by atoms with E-state index in [1.54, 1.807) is 18.0 Å². The van der Waals surface area contributed by atoms with Gasteiger partial charge in [-0.1, -0.05) is 6.92 Å². The molecule has 28 heavy (non-hydrogen) atoms. The lowest BCUT2D eigenvalue weighted by molar-refractivity contribution is -0.385. The van der Waals surface area contributed by atoms with E-state index in [1.165, 1.54) is 13.2 Å². The minimum absolute atomic E-state index is 0.0192. The number of carbonyl (C=O) groups is 1. The van der Waals surface area contributed by atoms with E-state index in [0.717, 1.165) is 18.5 Å². The van der Waals surface area contributed by atoms with Crippen molar-refractivity contribution in [3.63, 3.8) is 0 Å². The number of rotatable bonds is 6. The second-order valence-corrected chi connectivity index (χ2v) is 7.13. The maximum absolute atomic E-state index is 12.7. The number of nitro benzene ring substituents is 1. The molecule has 1 aromatic carbocycles. The standard InChI is InChI=1S/C19H23N3O5S/c1-4-8-27-16-9-11(13(22(24)25)10-15(16)26-3)18-17-12(6-5-7-14(17)23)21(2)19(28)20-18/h9-10,18H,4-8H2,1-3H3,(H,20,28). The summed E-state index contributed by atoms with van der Waals surface area (Å²) in [5.74, 6) is 0.667. The van der Waals surface area contributed by atoms with E-state index in [0.29, 0.717) is 41.4 Å². The highest BCUT2D eigenvalue weighted by atomic mass is 32.1. The lowest BCUT2D eigenvalue weighted by Crippen LogP contribution is -2.47. The van der Waals surface area contributed by atoms with E-state index in [9.17, 15) is 14.9 Å². The quantitative estimate of drug-likeness (QED) is 0.438. The summed E-state index contributed by atoms with van der Waals surface area (Å²) >= 11 is 5.42. The number of carbonyl (C=O) groups excluding carboxylic acids is 1. The molecule has 3 rings (SSSR count). The van der Waals surface area contributed by atoms with Crippen LogP contribution in [-0.4, -0.2) is 41.5 Å². The second-order valence-electron chi connectivity index (χ2n) is 6.75. The molecule has 0 aromatic heterocycles. The molecule has 1 unspecified atom stereocenters. The average Bonchev–Trinajstić information content (AvgIpc) is 2.68. The third-order valence-electron chi connectivity index (χ3n) is 4.98. The van der Waals surface area contributed by atoms with Gasteiger partial charge in [0.05, 0.1) is 36.3 Å². The van der Waals surface area contributed by atoms with Crippen LogP contribution >= 0.6 is 12.2 Å². The Morgan fingerprint density at radius 2 is 2.11 bits per heavy atom.